The molecule has 0 aliphatic carbocycles. The van der Waals surface area contributed by atoms with Crippen LogP contribution in [0.25, 0.3) is 0 Å². The summed E-state index contributed by atoms with van der Waals surface area (Å²) in [5, 5.41) is 3.78. The molecule has 0 spiro atoms. The van der Waals surface area contributed by atoms with E-state index in [2.05, 4.69) is 12.0 Å². The zero-order valence-corrected chi connectivity index (χ0v) is 11.0. The van der Waals surface area contributed by atoms with Crippen LogP contribution in [-0.2, 0) is 6.54 Å². The van der Waals surface area contributed by atoms with E-state index in [1.54, 1.807) is 0 Å². The number of carbonyl (C=O) groups is 1. The van der Waals surface area contributed by atoms with Crippen LogP contribution in [0.4, 0.5) is 13.2 Å². The molecule has 0 saturated carbocycles. The van der Waals surface area contributed by atoms with Crippen molar-refractivity contribution in [2.45, 2.75) is 58.2 Å². The highest BCUT2D eigenvalue weighted by Gasteiger charge is 2.39. The smallest absolute Gasteiger partial charge is 0.284 e. The molecule has 19 heavy (non-hydrogen) atoms. The number of hydrogen-bond acceptors (Lipinski definition) is 2. The van der Waals surface area contributed by atoms with Crippen LogP contribution in [0.1, 0.15) is 55.8 Å². The maximum absolute atomic E-state index is 12.2. The van der Waals surface area contributed by atoms with Crippen molar-refractivity contribution in [3.05, 3.63) is 18.0 Å². The molecule has 0 amide bonds. The summed E-state index contributed by atoms with van der Waals surface area (Å²) in [5.41, 5.74) is -0.390. The van der Waals surface area contributed by atoms with E-state index in [-0.39, 0.29) is 0 Å². The van der Waals surface area contributed by atoms with Gasteiger partial charge in [-0.3, -0.25) is 9.48 Å². The van der Waals surface area contributed by atoms with Crippen LogP contribution in [0.5, 0.6) is 0 Å². The Hall–Kier alpha value is -1.33. The van der Waals surface area contributed by atoms with Crippen molar-refractivity contribution in [2.75, 3.05) is 0 Å². The number of nitrogens with zero attached hydrogens (tertiary/aromatic N) is 2. The van der Waals surface area contributed by atoms with Gasteiger partial charge in [-0.05, 0) is 6.42 Å². The van der Waals surface area contributed by atoms with Crippen LogP contribution in [0.2, 0.25) is 0 Å². The fourth-order valence-corrected chi connectivity index (χ4v) is 1.82. The maximum atomic E-state index is 12.2. The second kappa shape index (κ2) is 7.31. The van der Waals surface area contributed by atoms with Gasteiger partial charge in [0.25, 0.3) is 5.78 Å². The summed E-state index contributed by atoms with van der Waals surface area (Å²) >= 11 is 0. The lowest BCUT2D eigenvalue weighted by molar-refractivity contribution is -0.0885. The fourth-order valence-electron chi connectivity index (χ4n) is 1.82. The third kappa shape index (κ3) is 5.44. The highest BCUT2D eigenvalue weighted by Crippen LogP contribution is 2.21. The molecule has 0 aromatic carbocycles. The number of Topliss-reactive ketones (excluding diaryl/α,β-unsaturated/α-hetero) is 1. The zero-order valence-electron chi connectivity index (χ0n) is 11.0. The average molecular weight is 276 g/mol. The molecule has 1 aromatic heterocycles. The van der Waals surface area contributed by atoms with Crippen molar-refractivity contribution in [1.29, 1.82) is 0 Å². The van der Waals surface area contributed by atoms with E-state index in [0.717, 1.165) is 25.5 Å². The van der Waals surface area contributed by atoms with Gasteiger partial charge in [-0.1, -0.05) is 39.0 Å². The first-order valence-corrected chi connectivity index (χ1v) is 6.59. The number of aromatic nitrogens is 2. The molecule has 1 aromatic rings. The summed E-state index contributed by atoms with van der Waals surface area (Å²) in [5.74, 6) is -1.83. The van der Waals surface area contributed by atoms with E-state index >= 15 is 0 Å². The maximum Gasteiger partial charge on any atom is 0.454 e. The molecule has 3 nitrogen and oxygen atoms in total. The van der Waals surface area contributed by atoms with Gasteiger partial charge in [-0.25, -0.2) is 0 Å². The molecule has 0 aliphatic rings. The molecular formula is C13H19F3N2O. The van der Waals surface area contributed by atoms with E-state index < -0.39 is 17.5 Å². The molecule has 1 heterocycles. The van der Waals surface area contributed by atoms with Crippen molar-refractivity contribution in [3.63, 3.8) is 0 Å². The molecule has 0 N–H and O–H groups in total. The lowest BCUT2D eigenvalue weighted by Crippen LogP contribution is -2.22. The van der Waals surface area contributed by atoms with Gasteiger partial charge in [-0.15, -0.1) is 0 Å². The first-order valence-electron chi connectivity index (χ1n) is 6.59. The Balaban J connectivity index is 2.33. The topological polar surface area (TPSA) is 34.9 Å². The first kappa shape index (κ1) is 15.7. The number of rotatable bonds is 8. The van der Waals surface area contributed by atoms with Gasteiger partial charge in [0.15, 0.2) is 0 Å². The largest absolute Gasteiger partial charge is 0.454 e. The van der Waals surface area contributed by atoms with Crippen LogP contribution in [0.3, 0.4) is 0 Å². The second-order valence-corrected chi connectivity index (χ2v) is 4.59. The highest BCUT2D eigenvalue weighted by molar-refractivity contribution is 5.99. The number of ketones is 1. The molecule has 6 heteroatoms. The predicted octanol–water partition coefficient (Wildman–Crippen LogP) is 3.99. The third-order valence-corrected chi connectivity index (χ3v) is 2.89. The average Bonchev–Trinajstić information content (AvgIpc) is 2.80. The quantitative estimate of drug-likeness (QED) is 0.531. The van der Waals surface area contributed by atoms with Crippen LogP contribution in [0, 0.1) is 0 Å². The third-order valence-electron chi connectivity index (χ3n) is 2.89. The molecule has 0 saturated heterocycles. The van der Waals surface area contributed by atoms with Gasteiger partial charge in [0.1, 0.15) is 0 Å². The zero-order chi connectivity index (χ0) is 14.3. The number of unbranched alkanes of at least 4 members (excludes halogenated alkanes) is 5. The second-order valence-electron chi connectivity index (χ2n) is 4.59. The minimum atomic E-state index is -4.83. The SMILES string of the molecule is CCCCCCCCn1cc(C(=O)C(F)(F)F)cn1. The van der Waals surface area contributed by atoms with Gasteiger partial charge >= 0.3 is 6.18 Å². The summed E-state index contributed by atoms with van der Waals surface area (Å²) < 4.78 is 37.9. The Bertz CT molecular complexity index is 399. The lowest BCUT2D eigenvalue weighted by atomic mass is 10.1. The van der Waals surface area contributed by atoms with Gasteiger partial charge < -0.3 is 0 Å². The van der Waals surface area contributed by atoms with Crippen LogP contribution in [-0.4, -0.2) is 21.7 Å². The Kier molecular flexibility index (Phi) is 6.05. The number of hydrogen-bond donors (Lipinski definition) is 0. The number of alkyl halides is 3. The van der Waals surface area contributed by atoms with Crippen molar-refractivity contribution in [3.8, 4) is 0 Å². The van der Waals surface area contributed by atoms with Crippen LogP contribution in [0.15, 0.2) is 12.4 Å². The van der Waals surface area contributed by atoms with Crippen LogP contribution >= 0.6 is 0 Å². The summed E-state index contributed by atoms with van der Waals surface area (Å²) in [6.45, 7) is 2.69. The summed E-state index contributed by atoms with van der Waals surface area (Å²) in [6.07, 6.45) is 3.93. The normalized spacial score (nSPS) is 11.8. The Morgan fingerprint density at radius 3 is 2.47 bits per heavy atom. The molecule has 0 atom stereocenters. The van der Waals surface area contributed by atoms with Crippen molar-refractivity contribution in [2.24, 2.45) is 0 Å². The van der Waals surface area contributed by atoms with Crippen LogP contribution < -0.4 is 0 Å². The Morgan fingerprint density at radius 2 is 1.84 bits per heavy atom. The van der Waals surface area contributed by atoms with Gasteiger partial charge in [0.05, 0.1) is 11.8 Å². The molecular weight excluding hydrogens is 257 g/mol. The number of halogens is 3. The van der Waals surface area contributed by atoms with E-state index in [1.807, 2.05) is 0 Å². The molecule has 0 bridgehead atoms. The first-order chi connectivity index (χ1) is 8.95. The van der Waals surface area contributed by atoms with Crippen molar-refractivity contribution < 1.29 is 18.0 Å². The molecule has 0 unspecified atom stereocenters. The summed E-state index contributed by atoms with van der Waals surface area (Å²) in [4.78, 5) is 10.9. The van der Waals surface area contributed by atoms with E-state index in [9.17, 15) is 18.0 Å². The van der Waals surface area contributed by atoms with E-state index in [0.29, 0.717) is 6.54 Å². The minimum absolute atomic E-state index is 0.390. The summed E-state index contributed by atoms with van der Waals surface area (Å²) in [7, 11) is 0. The predicted molar refractivity (Wildman–Crippen MR) is 66.0 cm³/mol. The monoisotopic (exact) mass is 276 g/mol. The lowest BCUT2D eigenvalue weighted by Gasteiger charge is -2.02. The number of aryl methyl sites for hydroxylation is 1. The van der Waals surface area contributed by atoms with E-state index in [1.165, 1.54) is 30.1 Å². The fraction of sp³-hybridized carbons (Fsp3) is 0.692. The number of carbonyl (C=O) groups excluding carboxylic acids is 1. The Labute approximate surface area is 110 Å². The minimum Gasteiger partial charge on any atom is -0.284 e. The molecule has 0 fully saturated rings. The Morgan fingerprint density at radius 1 is 1.21 bits per heavy atom. The molecule has 0 aliphatic heterocycles. The van der Waals surface area contributed by atoms with Gasteiger partial charge in [0, 0.05) is 12.7 Å². The van der Waals surface area contributed by atoms with Gasteiger partial charge in [-0.2, -0.15) is 18.3 Å². The van der Waals surface area contributed by atoms with Crippen molar-refractivity contribution >= 4 is 5.78 Å². The highest BCUT2D eigenvalue weighted by atomic mass is 19.4. The van der Waals surface area contributed by atoms with E-state index in [4.69, 9.17) is 0 Å². The van der Waals surface area contributed by atoms with Gasteiger partial charge in [0.2, 0.25) is 0 Å². The molecule has 0 radical (unpaired) electrons. The van der Waals surface area contributed by atoms with Crippen molar-refractivity contribution in [1.82, 2.24) is 9.78 Å². The molecule has 1 rings (SSSR count). The molecule has 108 valence electrons. The standard InChI is InChI=1S/C13H19F3N2O/c1-2-3-4-5-6-7-8-18-10-11(9-17-18)12(19)13(14,15)16/h9-10H,2-8H2,1H3. The summed E-state index contributed by atoms with van der Waals surface area (Å²) in [6, 6.07) is 0.